The van der Waals surface area contributed by atoms with Crippen molar-refractivity contribution in [1.82, 2.24) is 15.0 Å². The van der Waals surface area contributed by atoms with E-state index in [2.05, 4.69) is 15.0 Å². The van der Waals surface area contributed by atoms with Crippen molar-refractivity contribution in [3.05, 3.63) is 45.7 Å². The molecule has 21 heavy (non-hydrogen) atoms. The van der Waals surface area contributed by atoms with Crippen molar-refractivity contribution in [2.24, 2.45) is 0 Å². The summed E-state index contributed by atoms with van der Waals surface area (Å²) in [6.45, 7) is 0. The minimum Gasteiger partial charge on any atom is -0.230 e. The third kappa shape index (κ3) is 2.94. The molecule has 3 aromatic rings. The Morgan fingerprint density at radius 1 is 1.00 bits per heavy atom. The maximum atomic E-state index is 6.28. The normalized spacial score (nSPS) is 11.0. The van der Waals surface area contributed by atoms with Crippen molar-refractivity contribution >= 4 is 57.6 Å². The second-order valence-electron chi connectivity index (χ2n) is 4.22. The highest BCUT2D eigenvalue weighted by Gasteiger charge is 2.12. The highest BCUT2D eigenvalue weighted by molar-refractivity contribution is 7.98. The van der Waals surface area contributed by atoms with Crippen LogP contribution in [0, 0.1) is 0 Å². The van der Waals surface area contributed by atoms with Crippen LogP contribution in [0.25, 0.3) is 22.2 Å². The van der Waals surface area contributed by atoms with Crippen molar-refractivity contribution in [3.8, 4) is 11.1 Å². The maximum absolute atomic E-state index is 6.28. The Balaban J connectivity index is 2.21. The van der Waals surface area contributed by atoms with E-state index in [1.807, 2.05) is 18.4 Å². The maximum Gasteiger partial charge on any atom is 0.189 e. The summed E-state index contributed by atoms with van der Waals surface area (Å²) < 4.78 is 0. The zero-order valence-electron chi connectivity index (χ0n) is 10.8. The first-order valence-electron chi connectivity index (χ1n) is 5.91. The first-order valence-corrected chi connectivity index (χ1v) is 8.27. The smallest absolute Gasteiger partial charge is 0.189 e. The summed E-state index contributed by atoms with van der Waals surface area (Å²) in [5.41, 5.74) is 2.06. The van der Waals surface area contributed by atoms with Crippen molar-refractivity contribution in [3.63, 3.8) is 0 Å². The SMILES string of the molecule is CSc1ncc2cc(-c3ccc(Cl)cc3Cl)c(Cl)nc2n1. The average Bonchev–Trinajstić information content (AvgIpc) is 2.46. The molecule has 2 aromatic heterocycles. The van der Waals surface area contributed by atoms with Gasteiger partial charge in [-0.15, -0.1) is 0 Å². The van der Waals surface area contributed by atoms with Crippen molar-refractivity contribution in [1.29, 1.82) is 0 Å². The standard InChI is InChI=1S/C14H8Cl3N3S/c1-21-14-18-6-7-4-10(12(17)19-13(7)20-14)9-3-2-8(15)5-11(9)16/h2-6H,1H3. The van der Waals surface area contributed by atoms with Crippen LogP contribution in [0.15, 0.2) is 35.6 Å². The van der Waals surface area contributed by atoms with Gasteiger partial charge in [0.1, 0.15) is 5.15 Å². The molecular formula is C14H8Cl3N3S. The Hall–Kier alpha value is -1.07. The second-order valence-corrected chi connectivity index (χ2v) is 6.20. The molecule has 7 heteroatoms. The summed E-state index contributed by atoms with van der Waals surface area (Å²) in [4.78, 5) is 12.9. The van der Waals surface area contributed by atoms with Crippen LogP contribution in [-0.2, 0) is 0 Å². The van der Waals surface area contributed by atoms with E-state index in [4.69, 9.17) is 34.8 Å². The Labute approximate surface area is 140 Å². The zero-order chi connectivity index (χ0) is 15.0. The monoisotopic (exact) mass is 355 g/mol. The summed E-state index contributed by atoms with van der Waals surface area (Å²) in [5.74, 6) is 0. The van der Waals surface area contributed by atoms with Gasteiger partial charge in [0.15, 0.2) is 10.8 Å². The molecule has 0 bridgehead atoms. The predicted octanol–water partition coefficient (Wildman–Crippen LogP) is 5.37. The molecule has 1 aromatic carbocycles. The van der Waals surface area contributed by atoms with Gasteiger partial charge >= 0.3 is 0 Å². The van der Waals surface area contributed by atoms with E-state index in [9.17, 15) is 0 Å². The number of nitrogens with zero attached hydrogens (tertiary/aromatic N) is 3. The van der Waals surface area contributed by atoms with Crippen LogP contribution in [-0.4, -0.2) is 21.2 Å². The molecule has 0 aliphatic rings. The van der Waals surface area contributed by atoms with Crippen LogP contribution >= 0.6 is 46.6 Å². The first-order chi connectivity index (χ1) is 10.1. The fourth-order valence-corrected chi connectivity index (χ4v) is 3.00. The van der Waals surface area contributed by atoms with Gasteiger partial charge in [-0.3, -0.25) is 0 Å². The molecule has 0 radical (unpaired) electrons. The van der Waals surface area contributed by atoms with Crippen LogP contribution in [0.3, 0.4) is 0 Å². The van der Waals surface area contributed by atoms with E-state index in [-0.39, 0.29) is 0 Å². The lowest BCUT2D eigenvalue weighted by Crippen LogP contribution is -1.92. The average molecular weight is 357 g/mol. The van der Waals surface area contributed by atoms with Gasteiger partial charge in [0.2, 0.25) is 0 Å². The highest BCUT2D eigenvalue weighted by atomic mass is 35.5. The summed E-state index contributed by atoms with van der Waals surface area (Å²) in [5, 5.41) is 2.90. The van der Waals surface area contributed by atoms with Crippen molar-refractivity contribution in [2.45, 2.75) is 5.16 Å². The third-order valence-corrected chi connectivity index (χ3v) is 4.30. The number of pyridine rings is 1. The minimum atomic E-state index is 0.345. The summed E-state index contributed by atoms with van der Waals surface area (Å²) >= 11 is 19.9. The minimum absolute atomic E-state index is 0.345. The van der Waals surface area contributed by atoms with Gasteiger partial charge in [0.05, 0.1) is 0 Å². The molecule has 0 atom stereocenters. The molecule has 0 unspecified atom stereocenters. The molecule has 0 spiro atoms. The molecule has 0 fully saturated rings. The van der Waals surface area contributed by atoms with Gasteiger partial charge in [-0.25, -0.2) is 15.0 Å². The van der Waals surface area contributed by atoms with Crippen LogP contribution < -0.4 is 0 Å². The third-order valence-electron chi connectivity index (χ3n) is 2.90. The molecule has 0 N–H and O–H groups in total. The van der Waals surface area contributed by atoms with E-state index < -0.39 is 0 Å². The molecule has 0 amide bonds. The van der Waals surface area contributed by atoms with E-state index >= 15 is 0 Å². The van der Waals surface area contributed by atoms with Gasteiger partial charge in [-0.1, -0.05) is 52.6 Å². The van der Waals surface area contributed by atoms with Gasteiger partial charge < -0.3 is 0 Å². The number of benzene rings is 1. The number of thioether (sulfide) groups is 1. The van der Waals surface area contributed by atoms with E-state index in [0.29, 0.717) is 26.0 Å². The quantitative estimate of drug-likeness (QED) is 0.351. The fraction of sp³-hybridized carbons (Fsp3) is 0.0714. The van der Waals surface area contributed by atoms with Gasteiger partial charge in [0.25, 0.3) is 0 Å². The lowest BCUT2D eigenvalue weighted by Gasteiger charge is -2.08. The van der Waals surface area contributed by atoms with Gasteiger partial charge in [-0.2, -0.15) is 0 Å². The molecule has 106 valence electrons. The molecule has 3 rings (SSSR count). The molecule has 0 saturated heterocycles. The van der Waals surface area contributed by atoms with Crippen molar-refractivity contribution in [2.75, 3.05) is 6.26 Å². The molecule has 3 nitrogen and oxygen atoms in total. The zero-order valence-corrected chi connectivity index (χ0v) is 13.9. The lowest BCUT2D eigenvalue weighted by molar-refractivity contribution is 0.992. The first kappa shape index (κ1) is 14.9. The lowest BCUT2D eigenvalue weighted by atomic mass is 10.1. The van der Waals surface area contributed by atoms with E-state index in [0.717, 1.165) is 16.5 Å². The highest BCUT2D eigenvalue weighted by Crippen LogP contribution is 2.35. The predicted molar refractivity (Wildman–Crippen MR) is 89.6 cm³/mol. The van der Waals surface area contributed by atoms with E-state index in [1.54, 1.807) is 18.3 Å². The number of rotatable bonds is 2. The summed E-state index contributed by atoms with van der Waals surface area (Å²) in [6, 6.07) is 7.13. The van der Waals surface area contributed by atoms with Gasteiger partial charge in [0, 0.05) is 32.8 Å². The Morgan fingerprint density at radius 2 is 1.81 bits per heavy atom. The van der Waals surface area contributed by atoms with Crippen molar-refractivity contribution < 1.29 is 0 Å². The Bertz CT molecular complexity index is 839. The van der Waals surface area contributed by atoms with E-state index in [1.165, 1.54) is 11.8 Å². The number of fused-ring (bicyclic) bond motifs is 1. The van der Waals surface area contributed by atoms with Crippen LogP contribution in [0.4, 0.5) is 0 Å². The second kappa shape index (κ2) is 5.97. The Morgan fingerprint density at radius 3 is 2.52 bits per heavy atom. The van der Waals surface area contributed by atoms with Crippen LogP contribution in [0.5, 0.6) is 0 Å². The Kier molecular flexibility index (Phi) is 4.22. The number of hydrogen-bond acceptors (Lipinski definition) is 4. The summed E-state index contributed by atoms with van der Waals surface area (Å²) in [7, 11) is 0. The van der Waals surface area contributed by atoms with Crippen LogP contribution in [0.1, 0.15) is 0 Å². The molecule has 0 aliphatic carbocycles. The molecule has 2 heterocycles. The topological polar surface area (TPSA) is 38.7 Å². The number of hydrogen-bond donors (Lipinski definition) is 0. The van der Waals surface area contributed by atoms with Crippen LogP contribution in [0.2, 0.25) is 15.2 Å². The largest absolute Gasteiger partial charge is 0.230 e. The molecule has 0 saturated carbocycles. The number of aromatic nitrogens is 3. The fourth-order valence-electron chi connectivity index (χ4n) is 1.92. The molecule has 0 aliphatic heterocycles. The van der Waals surface area contributed by atoms with Gasteiger partial charge in [-0.05, 0) is 24.5 Å². The number of halogens is 3. The summed E-state index contributed by atoms with van der Waals surface area (Å²) in [6.07, 6.45) is 3.63. The molecular weight excluding hydrogens is 349 g/mol.